The van der Waals surface area contributed by atoms with E-state index in [4.69, 9.17) is 23.2 Å². The molecule has 0 spiro atoms. The predicted octanol–water partition coefficient (Wildman–Crippen LogP) is 5.03. The molecule has 2 aromatic carbocycles. The van der Waals surface area contributed by atoms with Crippen molar-refractivity contribution in [1.29, 1.82) is 0 Å². The van der Waals surface area contributed by atoms with Crippen LogP contribution in [0, 0.1) is 0 Å². The zero-order valence-corrected chi connectivity index (χ0v) is 13.8. The number of carbonyl (C=O) groups is 1. The second kappa shape index (κ2) is 6.61. The minimum Gasteiger partial charge on any atom is -0.337 e. The van der Waals surface area contributed by atoms with E-state index < -0.39 is 0 Å². The highest BCUT2D eigenvalue weighted by atomic mass is 79.9. The Morgan fingerprint density at radius 1 is 1.15 bits per heavy atom. The van der Waals surface area contributed by atoms with Gasteiger partial charge in [-0.1, -0.05) is 41.4 Å². The van der Waals surface area contributed by atoms with Crippen LogP contribution in [-0.2, 0) is 6.54 Å². The third-order valence-electron chi connectivity index (χ3n) is 2.86. The molecule has 0 heterocycles. The van der Waals surface area contributed by atoms with Gasteiger partial charge in [-0.25, -0.2) is 0 Å². The summed E-state index contributed by atoms with van der Waals surface area (Å²) < 4.78 is 0.713. The van der Waals surface area contributed by atoms with E-state index in [-0.39, 0.29) is 5.91 Å². The molecule has 0 aromatic heterocycles. The summed E-state index contributed by atoms with van der Waals surface area (Å²) in [6.07, 6.45) is 0. The molecule has 2 nitrogen and oxygen atoms in total. The SMILES string of the molecule is CN(Cc1ccc(Cl)cc1)C(=O)c1cccc(Br)c1Cl. The molecule has 5 heteroatoms. The molecule has 0 saturated carbocycles. The van der Waals surface area contributed by atoms with Gasteiger partial charge in [0.15, 0.2) is 0 Å². The Labute approximate surface area is 136 Å². The van der Waals surface area contributed by atoms with Crippen molar-refractivity contribution < 1.29 is 4.79 Å². The highest BCUT2D eigenvalue weighted by Gasteiger charge is 2.16. The van der Waals surface area contributed by atoms with E-state index in [0.29, 0.717) is 26.6 Å². The zero-order chi connectivity index (χ0) is 14.7. The summed E-state index contributed by atoms with van der Waals surface area (Å²) in [5.74, 6) is -0.119. The molecule has 0 N–H and O–H groups in total. The fourth-order valence-electron chi connectivity index (χ4n) is 1.81. The first-order valence-electron chi connectivity index (χ1n) is 5.93. The Morgan fingerprint density at radius 3 is 2.45 bits per heavy atom. The topological polar surface area (TPSA) is 20.3 Å². The van der Waals surface area contributed by atoms with E-state index >= 15 is 0 Å². The van der Waals surface area contributed by atoms with E-state index in [1.54, 1.807) is 42.3 Å². The molecule has 0 radical (unpaired) electrons. The van der Waals surface area contributed by atoms with Crippen molar-refractivity contribution in [2.75, 3.05) is 7.05 Å². The van der Waals surface area contributed by atoms with E-state index in [9.17, 15) is 4.79 Å². The number of amides is 1. The van der Waals surface area contributed by atoms with Gasteiger partial charge < -0.3 is 4.90 Å². The first kappa shape index (κ1) is 15.4. The Bertz CT molecular complexity index is 628. The van der Waals surface area contributed by atoms with Crippen molar-refractivity contribution in [3.05, 3.63) is 68.1 Å². The van der Waals surface area contributed by atoms with E-state index in [2.05, 4.69) is 15.9 Å². The molecule has 0 aliphatic rings. The Hall–Kier alpha value is -1.03. The Kier molecular flexibility index (Phi) is 5.08. The van der Waals surface area contributed by atoms with Gasteiger partial charge in [-0.05, 0) is 45.8 Å². The lowest BCUT2D eigenvalue weighted by Crippen LogP contribution is -2.26. The summed E-state index contributed by atoms with van der Waals surface area (Å²) in [5.41, 5.74) is 1.49. The van der Waals surface area contributed by atoms with Crippen molar-refractivity contribution in [1.82, 2.24) is 4.90 Å². The van der Waals surface area contributed by atoms with Crippen LogP contribution in [0.3, 0.4) is 0 Å². The monoisotopic (exact) mass is 371 g/mol. The van der Waals surface area contributed by atoms with Crippen molar-refractivity contribution in [2.45, 2.75) is 6.54 Å². The maximum absolute atomic E-state index is 12.4. The number of halogens is 3. The van der Waals surface area contributed by atoms with Gasteiger partial charge in [0.25, 0.3) is 5.91 Å². The molecule has 0 atom stereocenters. The van der Waals surface area contributed by atoms with Gasteiger partial charge in [0, 0.05) is 23.1 Å². The molecule has 0 fully saturated rings. The number of hydrogen-bond acceptors (Lipinski definition) is 1. The Balaban J connectivity index is 2.16. The molecular formula is C15H12BrCl2NO. The van der Waals surface area contributed by atoms with Gasteiger partial charge in [0.2, 0.25) is 0 Å². The second-order valence-corrected chi connectivity index (χ2v) is 6.06. The largest absolute Gasteiger partial charge is 0.337 e. The maximum atomic E-state index is 12.4. The third-order valence-corrected chi connectivity index (χ3v) is 4.41. The molecule has 0 aliphatic carbocycles. The quantitative estimate of drug-likeness (QED) is 0.739. The molecule has 0 unspecified atom stereocenters. The van der Waals surface area contributed by atoms with Crippen LogP contribution in [0.1, 0.15) is 15.9 Å². The van der Waals surface area contributed by atoms with Gasteiger partial charge in [0.05, 0.1) is 10.6 Å². The van der Waals surface area contributed by atoms with Crippen LogP contribution >= 0.6 is 39.1 Å². The maximum Gasteiger partial charge on any atom is 0.255 e. The van der Waals surface area contributed by atoms with Crippen molar-refractivity contribution >= 4 is 45.0 Å². The molecule has 2 rings (SSSR count). The van der Waals surface area contributed by atoms with Crippen LogP contribution in [0.4, 0.5) is 0 Å². The molecule has 1 amide bonds. The lowest BCUT2D eigenvalue weighted by Gasteiger charge is -2.18. The summed E-state index contributed by atoms with van der Waals surface area (Å²) in [6, 6.07) is 12.7. The first-order valence-corrected chi connectivity index (χ1v) is 7.48. The lowest BCUT2D eigenvalue weighted by molar-refractivity contribution is 0.0785. The van der Waals surface area contributed by atoms with E-state index in [1.165, 1.54) is 0 Å². The number of hydrogen-bond donors (Lipinski definition) is 0. The van der Waals surface area contributed by atoms with Gasteiger partial charge in [-0.3, -0.25) is 4.79 Å². The zero-order valence-electron chi connectivity index (χ0n) is 10.7. The number of carbonyl (C=O) groups excluding carboxylic acids is 1. The lowest BCUT2D eigenvalue weighted by atomic mass is 10.1. The van der Waals surface area contributed by atoms with Gasteiger partial charge in [0.1, 0.15) is 0 Å². The fourth-order valence-corrected chi connectivity index (χ4v) is 2.51. The van der Waals surface area contributed by atoms with Crippen LogP contribution in [0.2, 0.25) is 10.0 Å². The summed E-state index contributed by atoms with van der Waals surface area (Å²) in [7, 11) is 1.74. The average molecular weight is 373 g/mol. The molecule has 104 valence electrons. The van der Waals surface area contributed by atoms with Crippen LogP contribution in [0.25, 0.3) is 0 Å². The van der Waals surface area contributed by atoms with Gasteiger partial charge in [-0.2, -0.15) is 0 Å². The van der Waals surface area contributed by atoms with Gasteiger partial charge >= 0.3 is 0 Å². The highest BCUT2D eigenvalue weighted by Crippen LogP contribution is 2.27. The van der Waals surface area contributed by atoms with Crippen LogP contribution in [0.15, 0.2) is 46.9 Å². The fraction of sp³-hybridized carbons (Fsp3) is 0.133. The Morgan fingerprint density at radius 2 is 1.80 bits per heavy atom. The highest BCUT2D eigenvalue weighted by molar-refractivity contribution is 9.10. The van der Waals surface area contributed by atoms with Crippen LogP contribution in [0.5, 0.6) is 0 Å². The standard InChI is InChI=1S/C15H12BrCl2NO/c1-19(9-10-5-7-11(17)8-6-10)15(20)12-3-2-4-13(16)14(12)18/h2-8H,9H2,1H3. The minimum atomic E-state index is -0.119. The van der Waals surface area contributed by atoms with E-state index in [1.807, 2.05) is 12.1 Å². The normalized spacial score (nSPS) is 10.4. The number of rotatable bonds is 3. The van der Waals surface area contributed by atoms with Gasteiger partial charge in [-0.15, -0.1) is 0 Å². The van der Waals surface area contributed by atoms with Crippen molar-refractivity contribution in [3.8, 4) is 0 Å². The molecule has 2 aromatic rings. The molecule has 0 saturated heterocycles. The predicted molar refractivity (Wildman–Crippen MR) is 86.4 cm³/mol. The minimum absolute atomic E-state index is 0.119. The third kappa shape index (κ3) is 3.54. The average Bonchev–Trinajstić information content (AvgIpc) is 2.43. The van der Waals surface area contributed by atoms with Crippen LogP contribution < -0.4 is 0 Å². The molecule has 0 aliphatic heterocycles. The molecular weight excluding hydrogens is 361 g/mol. The van der Waals surface area contributed by atoms with Crippen molar-refractivity contribution in [2.24, 2.45) is 0 Å². The molecule has 0 bridgehead atoms. The number of nitrogens with zero attached hydrogens (tertiary/aromatic N) is 1. The van der Waals surface area contributed by atoms with Crippen molar-refractivity contribution in [3.63, 3.8) is 0 Å². The van der Waals surface area contributed by atoms with E-state index in [0.717, 1.165) is 5.56 Å². The second-order valence-electron chi connectivity index (χ2n) is 4.39. The summed E-state index contributed by atoms with van der Waals surface area (Å²) in [6.45, 7) is 0.499. The summed E-state index contributed by atoms with van der Waals surface area (Å²) in [4.78, 5) is 14.0. The smallest absolute Gasteiger partial charge is 0.255 e. The van der Waals surface area contributed by atoms with Crippen LogP contribution in [-0.4, -0.2) is 17.9 Å². The summed E-state index contributed by atoms with van der Waals surface area (Å²) >= 11 is 15.3. The summed E-state index contributed by atoms with van der Waals surface area (Å²) in [5, 5.41) is 1.11. The first-order chi connectivity index (χ1) is 9.49. The molecule has 20 heavy (non-hydrogen) atoms. The number of benzene rings is 2.